The van der Waals surface area contributed by atoms with Gasteiger partial charge in [-0.2, -0.15) is 4.98 Å². The predicted molar refractivity (Wildman–Crippen MR) is 113 cm³/mol. The average molecular weight is 408 g/mol. The molecule has 7 heteroatoms. The molecular weight excluding hydrogens is 383 g/mol. The summed E-state index contributed by atoms with van der Waals surface area (Å²) < 4.78 is 18.5. The highest BCUT2D eigenvalue weighted by atomic mass is 19.1. The van der Waals surface area contributed by atoms with Gasteiger partial charge < -0.3 is 9.84 Å². The standard InChI is InChI=1S/C23H25FN4O2/c1-15-3-8-20(16(2)13-15)25-21(29)14-28-11-9-18(10-12-28)23-26-22(27-30-23)17-4-6-19(24)7-5-17/h3-8,13,18H,9-12,14H2,1-2H3,(H,25,29). The molecule has 0 spiro atoms. The van der Waals surface area contributed by atoms with E-state index in [1.165, 1.54) is 17.7 Å². The van der Waals surface area contributed by atoms with E-state index in [1.54, 1.807) is 12.1 Å². The van der Waals surface area contributed by atoms with Gasteiger partial charge in [-0.25, -0.2) is 4.39 Å². The Balaban J connectivity index is 1.30. The number of carbonyl (C=O) groups is 1. The molecule has 0 aliphatic carbocycles. The van der Waals surface area contributed by atoms with Gasteiger partial charge in [0.25, 0.3) is 0 Å². The molecule has 1 saturated heterocycles. The molecule has 0 saturated carbocycles. The first-order valence-corrected chi connectivity index (χ1v) is 10.2. The maximum absolute atomic E-state index is 13.1. The number of nitrogens with one attached hydrogen (secondary N) is 1. The van der Waals surface area contributed by atoms with Gasteiger partial charge in [0.05, 0.1) is 6.54 Å². The fraction of sp³-hybridized carbons (Fsp3) is 0.348. The van der Waals surface area contributed by atoms with E-state index in [2.05, 4.69) is 26.4 Å². The first-order chi connectivity index (χ1) is 14.5. The highest BCUT2D eigenvalue weighted by Crippen LogP contribution is 2.28. The largest absolute Gasteiger partial charge is 0.339 e. The molecule has 1 fully saturated rings. The van der Waals surface area contributed by atoms with Crippen LogP contribution in [-0.2, 0) is 4.79 Å². The number of hydrogen-bond donors (Lipinski definition) is 1. The summed E-state index contributed by atoms with van der Waals surface area (Å²) in [5, 5.41) is 7.04. The molecule has 4 rings (SSSR count). The monoisotopic (exact) mass is 408 g/mol. The minimum absolute atomic E-state index is 0.00297. The van der Waals surface area contributed by atoms with E-state index in [9.17, 15) is 9.18 Å². The Morgan fingerprint density at radius 3 is 2.60 bits per heavy atom. The van der Waals surface area contributed by atoms with Crippen LogP contribution in [-0.4, -0.2) is 40.6 Å². The number of amides is 1. The van der Waals surface area contributed by atoms with Gasteiger partial charge >= 0.3 is 0 Å². The van der Waals surface area contributed by atoms with Crippen LogP contribution < -0.4 is 5.32 Å². The summed E-state index contributed by atoms with van der Waals surface area (Å²) in [7, 11) is 0. The van der Waals surface area contributed by atoms with Crippen molar-refractivity contribution in [2.24, 2.45) is 0 Å². The van der Waals surface area contributed by atoms with E-state index in [0.717, 1.165) is 42.7 Å². The van der Waals surface area contributed by atoms with Crippen molar-refractivity contribution in [2.45, 2.75) is 32.6 Å². The Bertz CT molecular complexity index is 1020. The Kier molecular flexibility index (Phi) is 5.90. The van der Waals surface area contributed by atoms with Crippen LogP contribution in [0.15, 0.2) is 47.0 Å². The molecule has 3 aromatic rings. The summed E-state index contributed by atoms with van der Waals surface area (Å²) >= 11 is 0. The normalized spacial score (nSPS) is 15.3. The fourth-order valence-electron chi connectivity index (χ4n) is 3.80. The molecule has 1 N–H and O–H groups in total. The molecule has 2 aromatic carbocycles. The van der Waals surface area contributed by atoms with Gasteiger partial charge in [-0.15, -0.1) is 0 Å². The van der Waals surface area contributed by atoms with Crippen molar-refractivity contribution in [1.82, 2.24) is 15.0 Å². The minimum atomic E-state index is -0.295. The second-order valence-electron chi connectivity index (χ2n) is 7.88. The Morgan fingerprint density at radius 2 is 1.90 bits per heavy atom. The van der Waals surface area contributed by atoms with E-state index in [4.69, 9.17) is 4.52 Å². The van der Waals surface area contributed by atoms with Crippen molar-refractivity contribution >= 4 is 11.6 Å². The quantitative estimate of drug-likeness (QED) is 0.681. The summed E-state index contributed by atoms with van der Waals surface area (Å²) in [6.07, 6.45) is 1.70. The molecule has 2 heterocycles. The zero-order valence-corrected chi connectivity index (χ0v) is 17.2. The molecule has 0 unspecified atom stereocenters. The van der Waals surface area contributed by atoms with Crippen LogP contribution >= 0.6 is 0 Å². The molecule has 0 radical (unpaired) electrons. The van der Waals surface area contributed by atoms with Crippen LogP contribution in [0.1, 0.15) is 35.8 Å². The van der Waals surface area contributed by atoms with Gasteiger partial charge in [0.1, 0.15) is 5.82 Å². The summed E-state index contributed by atoms with van der Waals surface area (Å²) in [6.45, 7) is 5.98. The third-order valence-electron chi connectivity index (χ3n) is 5.50. The maximum Gasteiger partial charge on any atom is 0.238 e. The molecule has 1 amide bonds. The highest BCUT2D eigenvalue weighted by molar-refractivity contribution is 5.93. The number of piperidine rings is 1. The lowest BCUT2D eigenvalue weighted by molar-refractivity contribution is -0.117. The van der Waals surface area contributed by atoms with Gasteiger partial charge in [0.2, 0.25) is 17.6 Å². The van der Waals surface area contributed by atoms with Gasteiger partial charge in [0.15, 0.2) is 0 Å². The van der Waals surface area contributed by atoms with Crippen molar-refractivity contribution in [3.05, 3.63) is 65.3 Å². The number of carbonyl (C=O) groups excluding carboxylic acids is 1. The van der Waals surface area contributed by atoms with Gasteiger partial charge in [-0.3, -0.25) is 9.69 Å². The zero-order valence-electron chi connectivity index (χ0n) is 17.2. The average Bonchev–Trinajstić information content (AvgIpc) is 3.21. The number of aryl methyl sites for hydroxylation is 2. The maximum atomic E-state index is 13.1. The Hall–Kier alpha value is -3.06. The molecule has 30 heavy (non-hydrogen) atoms. The van der Waals surface area contributed by atoms with Crippen LogP contribution in [0, 0.1) is 19.7 Å². The first kappa shape index (κ1) is 20.2. The highest BCUT2D eigenvalue weighted by Gasteiger charge is 2.26. The molecule has 1 aromatic heterocycles. The Morgan fingerprint density at radius 1 is 1.17 bits per heavy atom. The Labute approximate surface area is 175 Å². The zero-order chi connectivity index (χ0) is 21.1. The lowest BCUT2D eigenvalue weighted by Gasteiger charge is -2.29. The van der Waals surface area contributed by atoms with Crippen molar-refractivity contribution in [3.8, 4) is 11.4 Å². The lowest BCUT2D eigenvalue weighted by atomic mass is 9.97. The van der Waals surface area contributed by atoms with Crippen molar-refractivity contribution in [3.63, 3.8) is 0 Å². The summed E-state index contributed by atoms with van der Waals surface area (Å²) in [5.41, 5.74) is 3.83. The molecule has 0 bridgehead atoms. The number of benzene rings is 2. The number of aromatic nitrogens is 2. The van der Waals surface area contributed by atoms with E-state index >= 15 is 0 Å². The molecule has 156 valence electrons. The smallest absolute Gasteiger partial charge is 0.238 e. The molecule has 1 aliphatic rings. The molecular formula is C23H25FN4O2. The number of halogens is 1. The SMILES string of the molecule is Cc1ccc(NC(=O)CN2CCC(c3nc(-c4ccc(F)cc4)no3)CC2)c(C)c1. The van der Waals surface area contributed by atoms with Crippen LogP contribution in [0.5, 0.6) is 0 Å². The van der Waals surface area contributed by atoms with Crippen LogP contribution in [0.2, 0.25) is 0 Å². The summed E-state index contributed by atoms with van der Waals surface area (Å²) in [5.74, 6) is 0.951. The molecule has 6 nitrogen and oxygen atoms in total. The summed E-state index contributed by atoms with van der Waals surface area (Å²) in [6, 6.07) is 12.1. The number of likely N-dealkylation sites (tertiary alicyclic amines) is 1. The first-order valence-electron chi connectivity index (χ1n) is 10.2. The number of anilines is 1. The second kappa shape index (κ2) is 8.75. The molecule has 1 aliphatic heterocycles. The minimum Gasteiger partial charge on any atom is -0.339 e. The molecule has 0 atom stereocenters. The lowest BCUT2D eigenvalue weighted by Crippen LogP contribution is -2.38. The van der Waals surface area contributed by atoms with Crippen molar-refractivity contribution in [1.29, 1.82) is 0 Å². The second-order valence-corrected chi connectivity index (χ2v) is 7.88. The number of nitrogens with zero attached hydrogens (tertiary/aromatic N) is 3. The van der Waals surface area contributed by atoms with Crippen LogP contribution in [0.3, 0.4) is 0 Å². The third kappa shape index (κ3) is 4.74. The van der Waals surface area contributed by atoms with Crippen LogP contribution in [0.25, 0.3) is 11.4 Å². The predicted octanol–water partition coefficient (Wildman–Crippen LogP) is 4.31. The van der Waals surface area contributed by atoms with E-state index in [1.807, 2.05) is 26.0 Å². The number of hydrogen-bond acceptors (Lipinski definition) is 5. The van der Waals surface area contributed by atoms with Gasteiger partial charge in [0, 0.05) is 17.2 Å². The number of rotatable bonds is 5. The third-order valence-corrected chi connectivity index (χ3v) is 5.50. The van der Waals surface area contributed by atoms with E-state index in [-0.39, 0.29) is 17.6 Å². The fourth-order valence-corrected chi connectivity index (χ4v) is 3.80. The van der Waals surface area contributed by atoms with Crippen molar-refractivity contribution in [2.75, 3.05) is 25.0 Å². The van der Waals surface area contributed by atoms with E-state index < -0.39 is 0 Å². The van der Waals surface area contributed by atoms with E-state index in [0.29, 0.717) is 18.3 Å². The summed E-state index contributed by atoms with van der Waals surface area (Å²) in [4.78, 5) is 19.1. The van der Waals surface area contributed by atoms with Gasteiger partial charge in [-0.1, -0.05) is 22.9 Å². The van der Waals surface area contributed by atoms with Crippen LogP contribution in [0.4, 0.5) is 10.1 Å². The van der Waals surface area contributed by atoms with Gasteiger partial charge in [-0.05, 0) is 75.7 Å². The van der Waals surface area contributed by atoms with Crippen molar-refractivity contribution < 1.29 is 13.7 Å². The topological polar surface area (TPSA) is 71.3 Å².